The van der Waals surface area contributed by atoms with Crippen molar-refractivity contribution in [3.05, 3.63) is 80.3 Å². The Bertz CT molecular complexity index is 1030. The molecule has 27 heavy (non-hydrogen) atoms. The SMILES string of the molecule is N=C1C(c2nc(-c3ccc(Cl)cc3)cs2)=C(O)CN1Cc1ccc(Cl)cc1. The largest absolute Gasteiger partial charge is 0.510 e. The maximum atomic E-state index is 10.4. The van der Waals surface area contributed by atoms with Crippen LogP contribution < -0.4 is 0 Å². The van der Waals surface area contributed by atoms with Crippen LogP contribution in [0.25, 0.3) is 16.8 Å². The molecule has 2 heterocycles. The standard InChI is InChI=1S/C20H15Cl2N3OS/c21-14-5-1-12(2-6-14)9-25-10-17(26)18(19(25)23)20-24-16(11-27-20)13-3-7-15(22)8-4-13/h1-8,11,23,26H,9-10H2. The summed E-state index contributed by atoms with van der Waals surface area (Å²) >= 11 is 13.3. The number of hydrogen-bond donors (Lipinski definition) is 2. The van der Waals surface area contributed by atoms with Crippen LogP contribution in [-0.2, 0) is 6.54 Å². The number of rotatable bonds is 4. The van der Waals surface area contributed by atoms with Gasteiger partial charge in [0, 0.05) is 27.5 Å². The molecular formula is C20H15Cl2N3OS. The predicted molar refractivity (Wildman–Crippen MR) is 112 cm³/mol. The Balaban J connectivity index is 1.55. The molecule has 1 aliphatic heterocycles. The van der Waals surface area contributed by atoms with Crippen LogP contribution in [0.1, 0.15) is 10.6 Å². The lowest BCUT2D eigenvalue weighted by Crippen LogP contribution is -2.25. The van der Waals surface area contributed by atoms with Crippen molar-refractivity contribution in [3.63, 3.8) is 0 Å². The number of benzene rings is 2. The number of hydrogen-bond acceptors (Lipinski definition) is 4. The molecule has 0 spiro atoms. The molecule has 1 aliphatic rings. The molecular weight excluding hydrogens is 401 g/mol. The first kappa shape index (κ1) is 18.0. The summed E-state index contributed by atoms with van der Waals surface area (Å²) in [5, 5.41) is 22.9. The van der Waals surface area contributed by atoms with Gasteiger partial charge < -0.3 is 10.0 Å². The minimum atomic E-state index is 0.172. The van der Waals surface area contributed by atoms with Crippen molar-refractivity contribution < 1.29 is 5.11 Å². The summed E-state index contributed by atoms with van der Waals surface area (Å²) in [6.07, 6.45) is 0. The summed E-state index contributed by atoms with van der Waals surface area (Å²) in [5.41, 5.74) is 3.27. The van der Waals surface area contributed by atoms with Crippen molar-refractivity contribution in [3.8, 4) is 11.3 Å². The molecule has 7 heteroatoms. The fourth-order valence-corrected chi connectivity index (χ4v) is 4.09. The minimum Gasteiger partial charge on any atom is -0.510 e. The highest BCUT2D eigenvalue weighted by molar-refractivity contribution is 7.11. The smallest absolute Gasteiger partial charge is 0.135 e. The molecule has 0 amide bonds. The van der Waals surface area contributed by atoms with E-state index in [1.165, 1.54) is 11.3 Å². The quantitative estimate of drug-likeness (QED) is 0.559. The summed E-state index contributed by atoms with van der Waals surface area (Å²) in [4.78, 5) is 6.44. The Hall–Kier alpha value is -2.34. The van der Waals surface area contributed by atoms with Crippen molar-refractivity contribution in [1.29, 1.82) is 5.41 Å². The second-order valence-electron chi connectivity index (χ2n) is 6.20. The molecule has 0 aliphatic carbocycles. The Labute approximate surface area is 170 Å². The average Bonchev–Trinajstić information content (AvgIpc) is 3.22. The van der Waals surface area contributed by atoms with Gasteiger partial charge in [0.05, 0.1) is 17.8 Å². The van der Waals surface area contributed by atoms with Gasteiger partial charge in [0.15, 0.2) is 0 Å². The number of halogens is 2. The van der Waals surface area contributed by atoms with Gasteiger partial charge in [0.25, 0.3) is 0 Å². The second-order valence-corrected chi connectivity index (χ2v) is 7.93. The summed E-state index contributed by atoms with van der Waals surface area (Å²) in [7, 11) is 0. The Morgan fingerprint density at radius 2 is 1.67 bits per heavy atom. The van der Waals surface area contributed by atoms with Gasteiger partial charge >= 0.3 is 0 Å². The van der Waals surface area contributed by atoms with Crippen LogP contribution in [0.15, 0.2) is 59.7 Å². The van der Waals surface area contributed by atoms with Gasteiger partial charge in [0.2, 0.25) is 0 Å². The van der Waals surface area contributed by atoms with E-state index in [9.17, 15) is 5.11 Å². The third-order valence-corrected chi connectivity index (χ3v) is 5.69. The highest BCUT2D eigenvalue weighted by Gasteiger charge is 2.30. The molecule has 1 aromatic heterocycles. The van der Waals surface area contributed by atoms with E-state index < -0.39 is 0 Å². The Morgan fingerprint density at radius 3 is 2.33 bits per heavy atom. The molecule has 0 fully saturated rings. The van der Waals surface area contributed by atoms with E-state index >= 15 is 0 Å². The molecule has 136 valence electrons. The first-order valence-corrected chi connectivity index (χ1v) is 9.87. The van der Waals surface area contributed by atoms with Gasteiger partial charge in [-0.15, -0.1) is 11.3 Å². The molecule has 0 saturated heterocycles. The lowest BCUT2D eigenvalue weighted by atomic mass is 10.2. The van der Waals surface area contributed by atoms with E-state index in [2.05, 4.69) is 4.98 Å². The first-order valence-electron chi connectivity index (χ1n) is 8.23. The van der Waals surface area contributed by atoms with Crippen LogP contribution in [0.3, 0.4) is 0 Å². The molecule has 0 atom stereocenters. The van der Waals surface area contributed by atoms with E-state index in [4.69, 9.17) is 28.6 Å². The first-order chi connectivity index (χ1) is 13.0. The summed E-state index contributed by atoms with van der Waals surface area (Å²) in [6.45, 7) is 0.825. The molecule has 3 aromatic rings. The monoisotopic (exact) mass is 415 g/mol. The Kier molecular flexibility index (Phi) is 4.91. The molecule has 4 rings (SSSR count). The van der Waals surface area contributed by atoms with Gasteiger partial charge in [-0.25, -0.2) is 4.98 Å². The Morgan fingerprint density at radius 1 is 1.04 bits per heavy atom. The van der Waals surface area contributed by atoms with E-state index in [0.717, 1.165) is 16.8 Å². The van der Waals surface area contributed by atoms with Gasteiger partial charge in [-0.05, 0) is 29.8 Å². The van der Waals surface area contributed by atoms with Crippen molar-refractivity contribution >= 4 is 45.9 Å². The van der Waals surface area contributed by atoms with Crippen LogP contribution in [-0.4, -0.2) is 27.4 Å². The van der Waals surface area contributed by atoms with E-state index in [1.807, 2.05) is 58.8 Å². The number of thiazole rings is 1. The van der Waals surface area contributed by atoms with Gasteiger partial charge in [0.1, 0.15) is 16.6 Å². The second kappa shape index (κ2) is 7.35. The lowest BCUT2D eigenvalue weighted by Gasteiger charge is -2.18. The fourth-order valence-electron chi connectivity index (χ4n) is 2.95. The van der Waals surface area contributed by atoms with E-state index in [0.29, 0.717) is 33.7 Å². The number of aliphatic hydroxyl groups is 1. The van der Waals surface area contributed by atoms with Crippen molar-refractivity contribution in [2.45, 2.75) is 6.54 Å². The third-order valence-electron chi connectivity index (χ3n) is 4.33. The highest BCUT2D eigenvalue weighted by atomic mass is 35.5. The highest BCUT2D eigenvalue weighted by Crippen LogP contribution is 2.33. The average molecular weight is 416 g/mol. The molecule has 2 N–H and O–H groups in total. The maximum Gasteiger partial charge on any atom is 0.135 e. The minimum absolute atomic E-state index is 0.172. The number of nitrogens with one attached hydrogen (secondary N) is 1. The normalized spacial score (nSPS) is 14.3. The van der Waals surface area contributed by atoms with E-state index in [1.54, 1.807) is 0 Å². The molecule has 0 unspecified atom stereocenters. The number of amidine groups is 1. The maximum absolute atomic E-state index is 10.4. The topological polar surface area (TPSA) is 60.2 Å². The summed E-state index contributed by atoms with van der Waals surface area (Å²) in [6, 6.07) is 14.9. The molecule has 4 nitrogen and oxygen atoms in total. The molecule has 0 saturated carbocycles. The summed E-state index contributed by atoms with van der Waals surface area (Å²) < 4.78 is 0. The zero-order valence-corrected chi connectivity index (χ0v) is 16.4. The fraction of sp³-hybridized carbons (Fsp3) is 0.100. The molecule has 2 aromatic carbocycles. The number of aromatic nitrogens is 1. The zero-order chi connectivity index (χ0) is 19.0. The van der Waals surface area contributed by atoms with Crippen LogP contribution in [0.5, 0.6) is 0 Å². The van der Waals surface area contributed by atoms with Gasteiger partial charge in [-0.2, -0.15) is 0 Å². The lowest BCUT2D eigenvalue weighted by molar-refractivity contribution is 0.347. The van der Waals surface area contributed by atoms with Crippen molar-refractivity contribution in [2.24, 2.45) is 0 Å². The van der Waals surface area contributed by atoms with Crippen LogP contribution in [0.4, 0.5) is 0 Å². The van der Waals surface area contributed by atoms with E-state index in [-0.39, 0.29) is 11.6 Å². The van der Waals surface area contributed by atoms with Crippen molar-refractivity contribution in [2.75, 3.05) is 6.54 Å². The number of aliphatic hydroxyl groups excluding tert-OH is 1. The van der Waals surface area contributed by atoms with Crippen LogP contribution >= 0.6 is 34.5 Å². The molecule has 0 bridgehead atoms. The summed E-state index contributed by atoms with van der Waals surface area (Å²) in [5.74, 6) is 0.449. The van der Waals surface area contributed by atoms with Crippen molar-refractivity contribution in [1.82, 2.24) is 9.88 Å². The third kappa shape index (κ3) is 3.72. The predicted octanol–water partition coefficient (Wildman–Crippen LogP) is 5.88. The van der Waals surface area contributed by atoms with Crippen LogP contribution in [0.2, 0.25) is 10.0 Å². The van der Waals surface area contributed by atoms with Crippen LogP contribution in [0, 0.1) is 5.41 Å². The van der Waals surface area contributed by atoms with Gasteiger partial charge in [-0.1, -0.05) is 47.5 Å². The number of nitrogens with zero attached hydrogens (tertiary/aromatic N) is 2. The van der Waals surface area contributed by atoms with Gasteiger partial charge in [-0.3, -0.25) is 5.41 Å². The molecule has 0 radical (unpaired) electrons. The zero-order valence-electron chi connectivity index (χ0n) is 14.1.